The largest absolute Gasteiger partial charge is 0.423 e. The molecule has 4 aromatic rings. The molecule has 0 radical (unpaired) electrons. The van der Waals surface area contributed by atoms with Gasteiger partial charge in [0.05, 0.1) is 39.3 Å². The summed E-state index contributed by atoms with van der Waals surface area (Å²) >= 11 is 5.79. The van der Waals surface area contributed by atoms with Crippen LogP contribution in [0.2, 0.25) is 5.02 Å². The summed E-state index contributed by atoms with van der Waals surface area (Å²) < 4.78 is 45.1. The van der Waals surface area contributed by atoms with Crippen molar-refractivity contribution in [1.82, 2.24) is 19.9 Å². The molecule has 0 spiro atoms. The molecule has 11 heteroatoms. The van der Waals surface area contributed by atoms with Crippen molar-refractivity contribution < 1.29 is 17.6 Å². The standard InChI is InChI=1S/C23H16ClF3N6O/c1-11(31-22-33-17-6-14(23(25,26)27)15(24)7-19(17)34-22)20-21(16-5-2-12(8-28)9-29-16)30-10-18(32-20)13-3-4-13/h2,5-7,9-11,13H,3-4H2,1H3,(H,31,33)/t11-/m0/s1. The molecule has 1 aliphatic rings. The third-order valence-corrected chi connectivity index (χ3v) is 5.79. The average Bonchev–Trinajstić information content (AvgIpc) is 3.58. The molecule has 7 nitrogen and oxygen atoms in total. The van der Waals surface area contributed by atoms with Crippen LogP contribution in [0.4, 0.5) is 19.2 Å². The van der Waals surface area contributed by atoms with E-state index in [9.17, 15) is 13.2 Å². The number of benzene rings is 1. The quantitative estimate of drug-likeness (QED) is 0.356. The fourth-order valence-corrected chi connectivity index (χ4v) is 3.84. The van der Waals surface area contributed by atoms with Gasteiger partial charge in [0.25, 0.3) is 6.01 Å². The number of pyridine rings is 1. The van der Waals surface area contributed by atoms with Gasteiger partial charge in [0.15, 0.2) is 5.58 Å². The Kier molecular flexibility index (Phi) is 5.37. The summed E-state index contributed by atoms with van der Waals surface area (Å²) in [5, 5.41) is 11.6. The van der Waals surface area contributed by atoms with Gasteiger partial charge in [0.2, 0.25) is 0 Å². The summed E-state index contributed by atoms with van der Waals surface area (Å²) in [5.41, 5.74) is 2.09. The number of anilines is 1. The highest BCUT2D eigenvalue weighted by molar-refractivity contribution is 6.32. The molecular formula is C23H16ClF3N6O. The van der Waals surface area contributed by atoms with Crippen molar-refractivity contribution in [2.45, 2.75) is 37.9 Å². The van der Waals surface area contributed by atoms with E-state index in [2.05, 4.69) is 20.3 Å². The van der Waals surface area contributed by atoms with E-state index in [1.165, 1.54) is 6.20 Å². The zero-order valence-corrected chi connectivity index (χ0v) is 18.4. The van der Waals surface area contributed by atoms with E-state index < -0.39 is 22.8 Å². The minimum absolute atomic E-state index is 0.0234. The summed E-state index contributed by atoms with van der Waals surface area (Å²) in [5.74, 6) is 0.355. The van der Waals surface area contributed by atoms with Gasteiger partial charge >= 0.3 is 6.18 Å². The SMILES string of the molecule is C[C@H](Nc1nc2cc(C(F)(F)F)c(Cl)cc2o1)c1nc(C2CC2)cnc1-c1ccc(C#N)cn1. The molecule has 0 bridgehead atoms. The minimum Gasteiger partial charge on any atom is -0.423 e. The van der Waals surface area contributed by atoms with Gasteiger partial charge in [-0.25, -0.2) is 0 Å². The fraction of sp³-hybridized carbons (Fsp3) is 0.261. The highest BCUT2D eigenvalue weighted by Crippen LogP contribution is 2.40. The lowest BCUT2D eigenvalue weighted by molar-refractivity contribution is -0.137. The number of halogens is 4. The summed E-state index contributed by atoms with van der Waals surface area (Å²) in [4.78, 5) is 17.9. The van der Waals surface area contributed by atoms with Crippen LogP contribution in [0.5, 0.6) is 0 Å². The number of nitrogens with one attached hydrogen (secondary N) is 1. The van der Waals surface area contributed by atoms with Crippen molar-refractivity contribution in [2.24, 2.45) is 0 Å². The first-order valence-electron chi connectivity index (χ1n) is 10.4. The molecule has 1 fully saturated rings. The smallest absolute Gasteiger partial charge is 0.417 e. The Balaban J connectivity index is 1.50. The van der Waals surface area contributed by atoms with Crippen LogP contribution >= 0.6 is 11.6 Å². The molecule has 3 heterocycles. The maximum atomic E-state index is 13.2. The third-order valence-electron chi connectivity index (χ3n) is 5.48. The predicted octanol–water partition coefficient (Wildman–Crippen LogP) is 6.27. The summed E-state index contributed by atoms with van der Waals surface area (Å²) in [7, 11) is 0. The van der Waals surface area contributed by atoms with Gasteiger partial charge in [-0.15, -0.1) is 0 Å². The van der Waals surface area contributed by atoms with Crippen LogP contribution < -0.4 is 5.32 Å². The number of alkyl halides is 3. The molecule has 0 amide bonds. The molecule has 3 aromatic heterocycles. The Labute approximate surface area is 196 Å². The van der Waals surface area contributed by atoms with Gasteiger partial charge in [-0.1, -0.05) is 11.6 Å². The number of hydrogen-bond donors (Lipinski definition) is 1. The summed E-state index contributed by atoms with van der Waals surface area (Å²) in [6.45, 7) is 1.82. The Hall–Kier alpha value is -3.71. The molecule has 0 saturated heterocycles. The van der Waals surface area contributed by atoms with Crippen LogP contribution in [-0.4, -0.2) is 19.9 Å². The van der Waals surface area contributed by atoms with Crippen molar-refractivity contribution in [3.63, 3.8) is 0 Å². The van der Waals surface area contributed by atoms with Crippen LogP contribution in [0.15, 0.2) is 41.1 Å². The summed E-state index contributed by atoms with van der Waals surface area (Å²) in [6.07, 6.45) is 0.655. The second kappa shape index (κ2) is 8.25. The first kappa shape index (κ1) is 22.1. The number of oxazole rings is 1. The second-order valence-electron chi connectivity index (χ2n) is 8.03. The molecule has 1 aliphatic carbocycles. The topological polar surface area (TPSA) is 101 Å². The molecule has 1 N–H and O–H groups in total. The Morgan fingerprint density at radius 2 is 1.97 bits per heavy atom. The minimum atomic E-state index is -4.60. The third kappa shape index (κ3) is 4.26. The Bertz CT molecular complexity index is 1420. The Morgan fingerprint density at radius 1 is 1.18 bits per heavy atom. The fourth-order valence-electron chi connectivity index (χ4n) is 3.57. The van der Waals surface area contributed by atoms with Crippen LogP contribution in [0, 0.1) is 11.3 Å². The van der Waals surface area contributed by atoms with E-state index in [-0.39, 0.29) is 17.1 Å². The highest BCUT2D eigenvalue weighted by Gasteiger charge is 2.34. The normalized spacial score (nSPS) is 14.7. The van der Waals surface area contributed by atoms with Gasteiger partial charge in [0, 0.05) is 24.4 Å². The zero-order chi connectivity index (χ0) is 24.0. The Morgan fingerprint density at radius 3 is 2.62 bits per heavy atom. The van der Waals surface area contributed by atoms with Gasteiger partial charge in [-0.2, -0.15) is 23.4 Å². The number of nitriles is 1. The number of rotatable bonds is 5. The van der Waals surface area contributed by atoms with E-state index in [1.807, 2.05) is 13.0 Å². The van der Waals surface area contributed by atoms with E-state index in [4.69, 9.17) is 26.3 Å². The lowest BCUT2D eigenvalue weighted by Gasteiger charge is -2.16. The van der Waals surface area contributed by atoms with Crippen molar-refractivity contribution in [1.29, 1.82) is 5.26 Å². The molecule has 1 saturated carbocycles. The number of aromatic nitrogens is 4. The maximum absolute atomic E-state index is 13.2. The lowest BCUT2D eigenvalue weighted by atomic mass is 10.1. The number of fused-ring (bicyclic) bond motifs is 1. The first-order chi connectivity index (χ1) is 16.2. The molecule has 5 rings (SSSR count). The van der Waals surface area contributed by atoms with E-state index in [0.29, 0.717) is 28.6 Å². The predicted molar refractivity (Wildman–Crippen MR) is 118 cm³/mol. The summed E-state index contributed by atoms with van der Waals surface area (Å²) in [6, 6.07) is 6.87. The van der Waals surface area contributed by atoms with Gasteiger partial charge in [-0.3, -0.25) is 15.0 Å². The van der Waals surface area contributed by atoms with Crippen molar-refractivity contribution in [3.8, 4) is 17.5 Å². The van der Waals surface area contributed by atoms with Crippen LogP contribution in [0.3, 0.4) is 0 Å². The molecular weight excluding hydrogens is 469 g/mol. The van der Waals surface area contributed by atoms with E-state index in [1.54, 1.807) is 18.3 Å². The first-order valence-corrected chi connectivity index (χ1v) is 10.8. The number of hydrogen-bond acceptors (Lipinski definition) is 7. The molecule has 1 aromatic carbocycles. The van der Waals surface area contributed by atoms with Crippen molar-refractivity contribution >= 4 is 28.7 Å². The van der Waals surface area contributed by atoms with E-state index in [0.717, 1.165) is 30.7 Å². The van der Waals surface area contributed by atoms with Crippen LogP contribution in [-0.2, 0) is 6.18 Å². The molecule has 172 valence electrons. The van der Waals surface area contributed by atoms with Gasteiger partial charge in [0.1, 0.15) is 17.3 Å². The van der Waals surface area contributed by atoms with Crippen LogP contribution in [0.1, 0.15) is 54.2 Å². The molecule has 0 unspecified atom stereocenters. The van der Waals surface area contributed by atoms with Crippen molar-refractivity contribution in [3.05, 3.63) is 64.2 Å². The van der Waals surface area contributed by atoms with Crippen molar-refractivity contribution in [2.75, 3.05) is 5.32 Å². The highest BCUT2D eigenvalue weighted by atomic mass is 35.5. The van der Waals surface area contributed by atoms with Gasteiger partial charge in [-0.05, 0) is 38.0 Å². The molecule has 34 heavy (non-hydrogen) atoms. The zero-order valence-electron chi connectivity index (χ0n) is 17.7. The number of nitrogens with zero attached hydrogens (tertiary/aromatic N) is 5. The van der Waals surface area contributed by atoms with Crippen LogP contribution in [0.25, 0.3) is 22.5 Å². The molecule has 1 atom stereocenters. The maximum Gasteiger partial charge on any atom is 0.417 e. The second-order valence-corrected chi connectivity index (χ2v) is 8.44. The lowest BCUT2D eigenvalue weighted by Crippen LogP contribution is -2.13. The van der Waals surface area contributed by atoms with E-state index >= 15 is 0 Å². The molecule has 0 aliphatic heterocycles. The monoisotopic (exact) mass is 484 g/mol. The van der Waals surface area contributed by atoms with Gasteiger partial charge < -0.3 is 9.73 Å². The average molecular weight is 485 g/mol.